The minimum Gasteiger partial charge on any atom is -0.224 e. The van der Waals surface area contributed by atoms with Crippen LogP contribution < -0.4 is 0 Å². The molecule has 0 aliphatic heterocycles. The van der Waals surface area contributed by atoms with Gasteiger partial charge in [0.25, 0.3) is 0 Å². The average molecular weight is 194 g/mol. The summed E-state index contributed by atoms with van der Waals surface area (Å²) in [6.07, 6.45) is 5.26. The van der Waals surface area contributed by atoms with Crippen LogP contribution in [0.25, 0.3) is 0 Å². The third-order valence-corrected chi connectivity index (χ3v) is 3.35. The highest BCUT2D eigenvalue weighted by atomic mass is 32.2. The summed E-state index contributed by atoms with van der Waals surface area (Å²) in [4.78, 5) is 0.338. The number of sulfone groups is 1. The van der Waals surface area contributed by atoms with Crippen LogP contribution in [0, 0.1) is 12.3 Å². The zero-order chi connectivity index (χ0) is 9.73. The predicted molar refractivity (Wildman–Crippen MR) is 51.9 cm³/mol. The van der Waals surface area contributed by atoms with Gasteiger partial charge in [0.05, 0.1) is 10.6 Å². The summed E-state index contributed by atoms with van der Waals surface area (Å²) in [5, 5.41) is 0. The fourth-order valence-electron chi connectivity index (χ4n) is 0.939. The molecule has 0 aliphatic carbocycles. The third-order valence-electron chi connectivity index (χ3n) is 1.62. The van der Waals surface area contributed by atoms with Gasteiger partial charge in [0, 0.05) is 6.42 Å². The number of rotatable bonds is 3. The van der Waals surface area contributed by atoms with Crippen molar-refractivity contribution in [3.8, 4) is 12.3 Å². The molecule has 0 saturated heterocycles. The van der Waals surface area contributed by atoms with Gasteiger partial charge in [-0.2, -0.15) is 0 Å². The first-order chi connectivity index (χ1) is 6.17. The summed E-state index contributed by atoms with van der Waals surface area (Å²) >= 11 is 0. The minimum absolute atomic E-state index is 0.0213. The van der Waals surface area contributed by atoms with Crippen LogP contribution in [0.2, 0.25) is 0 Å². The second-order valence-corrected chi connectivity index (χ2v) is 4.70. The van der Waals surface area contributed by atoms with Gasteiger partial charge in [0.2, 0.25) is 0 Å². The topological polar surface area (TPSA) is 34.1 Å². The van der Waals surface area contributed by atoms with Gasteiger partial charge in [-0.05, 0) is 12.1 Å². The van der Waals surface area contributed by atoms with Gasteiger partial charge in [-0.3, -0.25) is 0 Å². The van der Waals surface area contributed by atoms with Crippen molar-refractivity contribution in [3.05, 3.63) is 30.3 Å². The summed E-state index contributed by atoms with van der Waals surface area (Å²) in [6.45, 7) is 0. The van der Waals surface area contributed by atoms with Gasteiger partial charge in [-0.15, -0.1) is 12.3 Å². The summed E-state index contributed by atoms with van der Waals surface area (Å²) in [5.74, 6) is 2.34. The molecule has 0 spiro atoms. The van der Waals surface area contributed by atoms with E-state index >= 15 is 0 Å². The number of terminal acetylenes is 1. The molecule has 0 aliphatic rings. The first kappa shape index (κ1) is 9.82. The van der Waals surface area contributed by atoms with Crippen molar-refractivity contribution in [2.24, 2.45) is 0 Å². The molecule has 0 radical (unpaired) electrons. The molecule has 2 nitrogen and oxygen atoms in total. The number of benzene rings is 1. The lowest BCUT2D eigenvalue weighted by Crippen LogP contribution is -2.05. The molecule has 1 rings (SSSR count). The average Bonchev–Trinajstić information content (AvgIpc) is 2.16. The Hall–Kier alpha value is -1.27. The maximum atomic E-state index is 11.5. The number of hydrogen-bond acceptors (Lipinski definition) is 2. The van der Waals surface area contributed by atoms with Crippen LogP contribution in [0.5, 0.6) is 0 Å². The molecule has 68 valence electrons. The van der Waals surface area contributed by atoms with Crippen molar-refractivity contribution in [1.29, 1.82) is 0 Å². The Morgan fingerprint density at radius 3 is 2.38 bits per heavy atom. The Morgan fingerprint density at radius 1 is 1.23 bits per heavy atom. The van der Waals surface area contributed by atoms with Crippen LogP contribution >= 0.6 is 0 Å². The predicted octanol–water partition coefficient (Wildman–Crippen LogP) is 1.48. The quantitative estimate of drug-likeness (QED) is 0.683. The van der Waals surface area contributed by atoms with E-state index in [1.807, 2.05) is 0 Å². The molecule has 1 aromatic rings. The van der Waals surface area contributed by atoms with Crippen molar-refractivity contribution in [2.45, 2.75) is 11.3 Å². The fourth-order valence-corrected chi connectivity index (χ4v) is 2.13. The summed E-state index contributed by atoms with van der Waals surface area (Å²) in [6, 6.07) is 8.32. The van der Waals surface area contributed by atoms with Crippen LogP contribution in [0.3, 0.4) is 0 Å². The molecule has 0 atom stereocenters. The summed E-state index contributed by atoms with van der Waals surface area (Å²) in [7, 11) is -3.16. The lowest BCUT2D eigenvalue weighted by atomic mass is 10.4. The molecule has 0 heterocycles. The smallest absolute Gasteiger partial charge is 0.179 e. The molecule has 0 amide bonds. The monoisotopic (exact) mass is 194 g/mol. The van der Waals surface area contributed by atoms with E-state index in [1.165, 1.54) is 0 Å². The molecule has 13 heavy (non-hydrogen) atoms. The summed E-state index contributed by atoms with van der Waals surface area (Å²) < 4.78 is 23.0. The molecule has 0 bridgehead atoms. The van der Waals surface area contributed by atoms with E-state index in [0.717, 1.165) is 0 Å². The zero-order valence-electron chi connectivity index (χ0n) is 7.10. The first-order valence-electron chi connectivity index (χ1n) is 3.88. The van der Waals surface area contributed by atoms with Crippen molar-refractivity contribution in [1.82, 2.24) is 0 Å². The van der Waals surface area contributed by atoms with E-state index in [2.05, 4.69) is 5.92 Å². The Bertz CT molecular complexity index is 398. The lowest BCUT2D eigenvalue weighted by Gasteiger charge is -2.00. The van der Waals surface area contributed by atoms with E-state index in [1.54, 1.807) is 30.3 Å². The van der Waals surface area contributed by atoms with Crippen LogP contribution in [-0.4, -0.2) is 14.2 Å². The maximum absolute atomic E-state index is 11.5. The van der Waals surface area contributed by atoms with E-state index in [0.29, 0.717) is 4.90 Å². The van der Waals surface area contributed by atoms with Gasteiger partial charge < -0.3 is 0 Å². The molecule has 3 heteroatoms. The van der Waals surface area contributed by atoms with Gasteiger partial charge >= 0.3 is 0 Å². The van der Waals surface area contributed by atoms with Crippen LogP contribution in [0.15, 0.2) is 35.2 Å². The van der Waals surface area contributed by atoms with E-state index in [4.69, 9.17) is 6.42 Å². The normalized spacial score (nSPS) is 10.7. The zero-order valence-corrected chi connectivity index (χ0v) is 7.92. The van der Waals surface area contributed by atoms with Crippen LogP contribution in [0.4, 0.5) is 0 Å². The van der Waals surface area contributed by atoms with E-state index in [9.17, 15) is 8.42 Å². The third kappa shape index (κ3) is 2.60. The van der Waals surface area contributed by atoms with Crippen molar-refractivity contribution in [2.75, 3.05) is 5.75 Å². The van der Waals surface area contributed by atoms with Gasteiger partial charge in [0.15, 0.2) is 9.84 Å². The minimum atomic E-state index is -3.16. The fraction of sp³-hybridized carbons (Fsp3) is 0.200. The van der Waals surface area contributed by atoms with Crippen LogP contribution in [-0.2, 0) is 9.84 Å². The highest BCUT2D eigenvalue weighted by Gasteiger charge is 2.11. The molecule has 0 unspecified atom stereocenters. The highest BCUT2D eigenvalue weighted by Crippen LogP contribution is 2.10. The van der Waals surface area contributed by atoms with Crippen LogP contribution in [0.1, 0.15) is 6.42 Å². The van der Waals surface area contributed by atoms with Gasteiger partial charge in [0.1, 0.15) is 0 Å². The Kier molecular flexibility index (Phi) is 3.10. The molecule has 1 aromatic carbocycles. The Balaban J connectivity index is 2.90. The van der Waals surface area contributed by atoms with Crippen molar-refractivity contribution < 1.29 is 8.42 Å². The standard InChI is InChI=1S/C10H10O2S/c1-2-3-9-13(11,12)10-7-5-4-6-8-10/h1,4-8H,3,9H2. The Morgan fingerprint density at radius 2 is 1.85 bits per heavy atom. The second-order valence-electron chi connectivity index (χ2n) is 2.59. The largest absolute Gasteiger partial charge is 0.224 e. The second kappa shape index (κ2) is 4.11. The number of hydrogen-bond donors (Lipinski definition) is 0. The maximum Gasteiger partial charge on any atom is 0.179 e. The molecular formula is C10H10O2S. The molecular weight excluding hydrogens is 184 g/mol. The molecule has 0 N–H and O–H groups in total. The van der Waals surface area contributed by atoms with Crippen molar-refractivity contribution >= 4 is 9.84 Å². The molecule has 0 fully saturated rings. The van der Waals surface area contributed by atoms with Crippen molar-refractivity contribution in [3.63, 3.8) is 0 Å². The van der Waals surface area contributed by atoms with Gasteiger partial charge in [-0.1, -0.05) is 18.2 Å². The van der Waals surface area contributed by atoms with E-state index in [-0.39, 0.29) is 12.2 Å². The Labute approximate surface area is 78.5 Å². The SMILES string of the molecule is C#CCCS(=O)(=O)c1ccccc1. The lowest BCUT2D eigenvalue weighted by molar-refractivity contribution is 0.596. The van der Waals surface area contributed by atoms with E-state index < -0.39 is 9.84 Å². The summed E-state index contributed by atoms with van der Waals surface area (Å²) in [5.41, 5.74) is 0. The highest BCUT2D eigenvalue weighted by molar-refractivity contribution is 7.91. The first-order valence-corrected chi connectivity index (χ1v) is 5.53. The molecule has 0 saturated carbocycles. The van der Waals surface area contributed by atoms with Gasteiger partial charge in [-0.25, -0.2) is 8.42 Å². The molecule has 0 aromatic heterocycles.